The van der Waals surface area contributed by atoms with Crippen molar-refractivity contribution in [3.05, 3.63) is 11.1 Å². The Morgan fingerprint density at radius 1 is 1.33 bits per heavy atom. The summed E-state index contributed by atoms with van der Waals surface area (Å²) in [7, 11) is 0. The molecule has 0 N–H and O–H groups in total. The summed E-state index contributed by atoms with van der Waals surface area (Å²) < 4.78 is 0. The van der Waals surface area contributed by atoms with Crippen molar-refractivity contribution in [2.24, 2.45) is 0 Å². The molecule has 1 fully saturated rings. The van der Waals surface area contributed by atoms with Gasteiger partial charge in [-0.1, -0.05) is 12.8 Å². The molecule has 0 spiro atoms. The molecule has 1 aromatic heterocycles. The number of anilines is 1. The van der Waals surface area contributed by atoms with Gasteiger partial charge in [-0.15, -0.1) is 11.3 Å². The molecule has 1 saturated heterocycles. The zero-order chi connectivity index (χ0) is 10.5. The second kappa shape index (κ2) is 5.13. The van der Waals surface area contributed by atoms with Crippen LogP contribution in [-0.4, -0.2) is 18.1 Å². The van der Waals surface area contributed by atoms with Crippen LogP contribution in [0.4, 0.5) is 5.13 Å². The van der Waals surface area contributed by atoms with Crippen LogP contribution in [0.25, 0.3) is 0 Å². The van der Waals surface area contributed by atoms with Gasteiger partial charge in [0.25, 0.3) is 0 Å². The molecule has 0 unspecified atom stereocenters. The van der Waals surface area contributed by atoms with E-state index in [0.717, 1.165) is 23.1 Å². The topological polar surface area (TPSA) is 39.9 Å². The number of hydrogen-bond acceptors (Lipinski definition) is 4. The highest BCUT2D eigenvalue weighted by atomic mass is 32.1. The van der Waals surface area contributed by atoms with Crippen LogP contribution in [-0.2, 0) is 6.42 Å². The Balaban J connectivity index is 2.04. The Labute approximate surface area is 94.4 Å². The fourth-order valence-electron chi connectivity index (χ4n) is 1.86. The Morgan fingerprint density at radius 3 is 2.73 bits per heavy atom. The average molecular weight is 221 g/mol. The van der Waals surface area contributed by atoms with Crippen LogP contribution in [0.1, 0.15) is 30.6 Å². The van der Waals surface area contributed by atoms with Crippen molar-refractivity contribution < 1.29 is 0 Å². The Kier molecular flexibility index (Phi) is 3.57. The second-order valence-electron chi connectivity index (χ2n) is 3.85. The molecule has 0 saturated carbocycles. The van der Waals surface area contributed by atoms with E-state index in [4.69, 9.17) is 5.26 Å². The standard InChI is InChI=1S/C11H15N3S/c12-6-5-10-9-13-11(15-10)14-7-3-1-2-4-8-14/h9H,1-5,7-8H2. The molecule has 80 valence electrons. The van der Waals surface area contributed by atoms with Crippen LogP contribution in [0.3, 0.4) is 0 Å². The number of thiazole rings is 1. The van der Waals surface area contributed by atoms with E-state index in [9.17, 15) is 0 Å². The minimum Gasteiger partial charge on any atom is -0.348 e. The fourth-order valence-corrected chi connectivity index (χ4v) is 2.76. The Morgan fingerprint density at radius 2 is 2.07 bits per heavy atom. The first-order valence-electron chi connectivity index (χ1n) is 5.47. The van der Waals surface area contributed by atoms with Gasteiger partial charge in [0.05, 0.1) is 12.5 Å². The van der Waals surface area contributed by atoms with Gasteiger partial charge in [-0.2, -0.15) is 5.26 Å². The van der Waals surface area contributed by atoms with Gasteiger partial charge in [0, 0.05) is 24.2 Å². The minimum atomic E-state index is 0.492. The maximum absolute atomic E-state index is 8.60. The van der Waals surface area contributed by atoms with Gasteiger partial charge in [-0.25, -0.2) is 4.98 Å². The van der Waals surface area contributed by atoms with Gasteiger partial charge in [-0.05, 0) is 12.8 Å². The normalized spacial score (nSPS) is 17.1. The zero-order valence-electron chi connectivity index (χ0n) is 8.78. The second-order valence-corrected chi connectivity index (χ2v) is 4.94. The first kappa shape index (κ1) is 10.4. The van der Waals surface area contributed by atoms with Crippen LogP contribution in [0.2, 0.25) is 0 Å². The van der Waals surface area contributed by atoms with E-state index in [0.29, 0.717) is 6.42 Å². The summed E-state index contributed by atoms with van der Waals surface area (Å²) in [5, 5.41) is 9.70. The van der Waals surface area contributed by atoms with E-state index in [-0.39, 0.29) is 0 Å². The fraction of sp³-hybridized carbons (Fsp3) is 0.636. The van der Waals surface area contributed by atoms with E-state index < -0.39 is 0 Å². The van der Waals surface area contributed by atoms with E-state index in [1.54, 1.807) is 11.3 Å². The highest BCUT2D eigenvalue weighted by Crippen LogP contribution is 2.25. The summed E-state index contributed by atoms with van der Waals surface area (Å²) in [5.74, 6) is 0. The number of nitriles is 1. The molecular weight excluding hydrogens is 206 g/mol. The minimum absolute atomic E-state index is 0.492. The lowest BCUT2D eigenvalue weighted by molar-refractivity contribution is 0.726. The third-order valence-corrected chi connectivity index (χ3v) is 3.73. The number of rotatable bonds is 2. The largest absolute Gasteiger partial charge is 0.348 e. The van der Waals surface area contributed by atoms with Crippen LogP contribution < -0.4 is 4.90 Å². The van der Waals surface area contributed by atoms with E-state index in [1.165, 1.54) is 25.7 Å². The molecular formula is C11H15N3S. The maximum atomic E-state index is 8.60. The molecule has 1 aliphatic rings. The van der Waals surface area contributed by atoms with Gasteiger partial charge in [0.2, 0.25) is 0 Å². The van der Waals surface area contributed by atoms with E-state index in [2.05, 4.69) is 16.0 Å². The summed E-state index contributed by atoms with van der Waals surface area (Å²) in [6.45, 7) is 2.25. The quantitative estimate of drug-likeness (QED) is 0.770. The van der Waals surface area contributed by atoms with Gasteiger partial charge in [-0.3, -0.25) is 0 Å². The van der Waals surface area contributed by atoms with Gasteiger partial charge >= 0.3 is 0 Å². The van der Waals surface area contributed by atoms with Crippen molar-refractivity contribution in [3.8, 4) is 6.07 Å². The molecule has 2 rings (SSSR count). The molecule has 15 heavy (non-hydrogen) atoms. The molecule has 1 aromatic rings. The maximum Gasteiger partial charge on any atom is 0.185 e. The van der Waals surface area contributed by atoms with Crippen LogP contribution in [0, 0.1) is 11.3 Å². The summed E-state index contributed by atoms with van der Waals surface area (Å²) in [6.07, 6.45) is 7.56. The zero-order valence-corrected chi connectivity index (χ0v) is 9.59. The molecule has 0 radical (unpaired) electrons. The third-order valence-electron chi connectivity index (χ3n) is 2.67. The Bertz CT molecular complexity index is 345. The highest BCUT2D eigenvalue weighted by Gasteiger charge is 2.12. The number of hydrogen-bond donors (Lipinski definition) is 0. The average Bonchev–Trinajstić information content (AvgIpc) is 2.53. The van der Waals surface area contributed by atoms with Crippen molar-refractivity contribution >= 4 is 16.5 Å². The number of nitrogens with zero attached hydrogens (tertiary/aromatic N) is 3. The lowest BCUT2D eigenvalue weighted by atomic mass is 10.2. The molecule has 0 aromatic carbocycles. The van der Waals surface area contributed by atoms with Crippen molar-refractivity contribution in [2.75, 3.05) is 18.0 Å². The summed E-state index contributed by atoms with van der Waals surface area (Å²) in [4.78, 5) is 7.83. The highest BCUT2D eigenvalue weighted by molar-refractivity contribution is 7.15. The lowest BCUT2D eigenvalue weighted by Gasteiger charge is -2.18. The van der Waals surface area contributed by atoms with Crippen molar-refractivity contribution in [1.82, 2.24) is 4.98 Å². The van der Waals surface area contributed by atoms with Crippen molar-refractivity contribution in [3.63, 3.8) is 0 Å². The van der Waals surface area contributed by atoms with Gasteiger partial charge in [0.15, 0.2) is 5.13 Å². The summed E-state index contributed by atoms with van der Waals surface area (Å²) in [6, 6.07) is 2.16. The molecule has 0 bridgehead atoms. The molecule has 0 atom stereocenters. The predicted octanol–water partition coefficient (Wildman–Crippen LogP) is 2.59. The smallest absolute Gasteiger partial charge is 0.185 e. The molecule has 4 heteroatoms. The third kappa shape index (κ3) is 2.69. The Hall–Kier alpha value is -1.08. The van der Waals surface area contributed by atoms with Crippen LogP contribution in [0.5, 0.6) is 0 Å². The molecule has 0 aliphatic carbocycles. The molecule has 1 aliphatic heterocycles. The van der Waals surface area contributed by atoms with E-state index >= 15 is 0 Å². The van der Waals surface area contributed by atoms with Crippen LogP contribution in [0.15, 0.2) is 6.20 Å². The SMILES string of the molecule is N#CCc1cnc(N2CCCCCC2)s1. The first-order chi connectivity index (χ1) is 7.40. The summed E-state index contributed by atoms with van der Waals surface area (Å²) in [5.41, 5.74) is 0. The molecule has 2 heterocycles. The first-order valence-corrected chi connectivity index (χ1v) is 6.28. The molecule has 0 amide bonds. The molecule has 3 nitrogen and oxygen atoms in total. The van der Waals surface area contributed by atoms with Crippen molar-refractivity contribution in [1.29, 1.82) is 5.26 Å². The monoisotopic (exact) mass is 221 g/mol. The lowest BCUT2D eigenvalue weighted by Crippen LogP contribution is -2.23. The van der Waals surface area contributed by atoms with Crippen LogP contribution >= 0.6 is 11.3 Å². The van der Waals surface area contributed by atoms with Gasteiger partial charge < -0.3 is 4.90 Å². The van der Waals surface area contributed by atoms with Gasteiger partial charge in [0.1, 0.15) is 0 Å². The number of aromatic nitrogens is 1. The van der Waals surface area contributed by atoms with E-state index in [1.807, 2.05) is 6.20 Å². The summed E-state index contributed by atoms with van der Waals surface area (Å²) >= 11 is 1.67. The predicted molar refractivity (Wildman–Crippen MR) is 62.1 cm³/mol. The van der Waals surface area contributed by atoms with Crippen molar-refractivity contribution in [2.45, 2.75) is 32.1 Å².